The molecule has 1 fully saturated rings. The zero-order valence-electron chi connectivity index (χ0n) is 7.30. The minimum atomic E-state index is -1.28. The van der Waals surface area contributed by atoms with Crippen molar-refractivity contribution in [1.82, 2.24) is 4.90 Å². The van der Waals surface area contributed by atoms with E-state index in [4.69, 9.17) is 10.8 Å². The van der Waals surface area contributed by atoms with Crippen molar-refractivity contribution in [3.63, 3.8) is 0 Å². The molecule has 78 valence electrons. The average molecular weight is 202 g/mol. The number of nitrogens with zero attached hydrogens (tertiary/aromatic N) is 1. The van der Waals surface area contributed by atoms with Crippen molar-refractivity contribution in [3.8, 4) is 0 Å². The predicted octanol–water partition coefficient (Wildman–Crippen LogP) is -1.23. The molecule has 1 atom stereocenters. The Bertz CT molecular complexity index is 277. The van der Waals surface area contributed by atoms with Gasteiger partial charge in [0.2, 0.25) is 5.91 Å². The van der Waals surface area contributed by atoms with E-state index in [0.717, 1.165) is 4.90 Å². The number of imide groups is 1. The highest BCUT2D eigenvalue weighted by atomic mass is 16.6. The first-order valence-electron chi connectivity index (χ1n) is 3.98. The summed E-state index contributed by atoms with van der Waals surface area (Å²) in [5, 5.41) is 8.43. The van der Waals surface area contributed by atoms with Gasteiger partial charge in [0.05, 0.1) is 13.0 Å². The van der Waals surface area contributed by atoms with E-state index in [-0.39, 0.29) is 13.2 Å². The van der Waals surface area contributed by atoms with E-state index in [9.17, 15) is 14.4 Å². The van der Waals surface area contributed by atoms with E-state index >= 15 is 0 Å². The van der Waals surface area contributed by atoms with Crippen LogP contribution in [0.2, 0.25) is 0 Å². The number of ether oxygens (including phenoxy) is 1. The van der Waals surface area contributed by atoms with Crippen LogP contribution in [0.3, 0.4) is 0 Å². The fraction of sp³-hybridized carbons (Fsp3) is 0.571. The van der Waals surface area contributed by atoms with Crippen LogP contribution in [0.1, 0.15) is 6.42 Å². The van der Waals surface area contributed by atoms with Crippen molar-refractivity contribution < 1.29 is 24.2 Å². The maximum atomic E-state index is 11.3. The summed E-state index contributed by atoms with van der Waals surface area (Å²) < 4.78 is 4.51. The van der Waals surface area contributed by atoms with Crippen LogP contribution in [0.15, 0.2) is 0 Å². The Labute approximate surface area is 79.4 Å². The first kappa shape index (κ1) is 10.5. The average Bonchev–Trinajstić information content (AvgIpc) is 2.51. The molecule has 0 saturated carbocycles. The first-order valence-corrected chi connectivity index (χ1v) is 3.98. The van der Waals surface area contributed by atoms with Crippen molar-refractivity contribution in [3.05, 3.63) is 0 Å². The highest BCUT2D eigenvalue weighted by molar-refractivity contribution is 5.95. The normalized spacial score (nSPS) is 17.8. The molecule has 3 N–H and O–H groups in total. The van der Waals surface area contributed by atoms with Crippen LogP contribution in [0, 0.1) is 0 Å². The number of cyclic esters (lactones) is 1. The minimum absolute atomic E-state index is 0.146. The quantitative estimate of drug-likeness (QED) is 0.592. The lowest BCUT2D eigenvalue weighted by Gasteiger charge is -2.11. The molecule has 1 saturated heterocycles. The summed E-state index contributed by atoms with van der Waals surface area (Å²) >= 11 is 0. The van der Waals surface area contributed by atoms with Crippen LogP contribution in [-0.2, 0) is 14.3 Å². The third-order valence-electron chi connectivity index (χ3n) is 1.77. The zero-order valence-corrected chi connectivity index (χ0v) is 7.30. The predicted molar refractivity (Wildman–Crippen MR) is 43.3 cm³/mol. The van der Waals surface area contributed by atoms with Crippen LogP contribution in [0.5, 0.6) is 0 Å². The van der Waals surface area contributed by atoms with E-state index in [2.05, 4.69) is 4.74 Å². The van der Waals surface area contributed by atoms with Gasteiger partial charge in [-0.1, -0.05) is 0 Å². The van der Waals surface area contributed by atoms with Crippen molar-refractivity contribution in [2.45, 2.75) is 12.5 Å². The van der Waals surface area contributed by atoms with Crippen molar-refractivity contribution in [2.24, 2.45) is 5.73 Å². The monoisotopic (exact) mass is 202 g/mol. The molecule has 7 nitrogen and oxygen atoms in total. The Morgan fingerprint density at radius 1 is 1.64 bits per heavy atom. The molecule has 0 radical (unpaired) electrons. The fourth-order valence-corrected chi connectivity index (χ4v) is 1.01. The number of carboxylic acid groups (broad SMARTS) is 1. The summed E-state index contributed by atoms with van der Waals surface area (Å²) in [5.74, 6) is -1.90. The number of carbonyl (C=O) groups is 3. The number of carbonyl (C=O) groups excluding carboxylic acids is 2. The lowest BCUT2D eigenvalue weighted by atomic mass is 10.2. The largest absolute Gasteiger partial charge is 0.480 e. The smallest absolute Gasteiger partial charge is 0.416 e. The van der Waals surface area contributed by atoms with Gasteiger partial charge in [0.1, 0.15) is 12.6 Å². The number of hydrogen-bond acceptors (Lipinski definition) is 5. The third kappa shape index (κ3) is 2.19. The molecule has 0 aliphatic carbocycles. The van der Waals surface area contributed by atoms with Gasteiger partial charge in [0.15, 0.2) is 0 Å². The second-order valence-electron chi connectivity index (χ2n) is 2.81. The van der Waals surface area contributed by atoms with Crippen LogP contribution in [-0.4, -0.2) is 47.2 Å². The van der Waals surface area contributed by atoms with Gasteiger partial charge in [-0.3, -0.25) is 9.59 Å². The summed E-state index contributed by atoms with van der Waals surface area (Å²) in [5.41, 5.74) is 5.13. The van der Waals surface area contributed by atoms with Gasteiger partial charge >= 0.3 is 12.1 Å². The van der Waals surface area contributed by atoms with Gasteiger partial charge in [0.25, 0.3) is 0 Å². The van der Waals surface area contributed by atoms with Crippen LogP contribution < -0.4 is 5.73 Å². The minimum Gasteiger partial charge on any atom is -0.480 e. The third-order valence-corrected chi connectivity index (χ3v) is 1.77. The lowest BCUT2D eigenvalue weighted by molar-refractivity contribution is -0.141. The molecule has 1 rings (SSSR count). The molecule has 0 unspecified atom stereocenters. The number of rotatable bonds is 3. The SMILES string of the molecule is N[C@@H](CC(=O)N1CCOC1=O)C(=O)O. The van der Waals surface area contributed by atoms with Gasteiger partial charge in [-0.15, -0.1) is 0 Å². The molecular formula is C7H10N2O5. The molecule has 1 heterocycles. The number of carboxylic acids is 1. The van der Waals surface area contributed by atoms with Gasteiger partial charge < -0.3 is 15.6 Å². The van der Waals surface area contributed by atoms with Crippen LogP contribution in [0.4, 0.5) is 4.79 Å². The van der Waals surface area contributed by atoms with Gasteiger partial charge in [0, 0.05) is 0 Å². The summed E-state index contributed by atoms with van der Waals surface area (Å²) in [6.45, 7) is 0.302. The number of hydrogen-bond donors (Lipinski definition) is 2. The van der Waals surface area contributed by atoms with E-state index in [0.29, 0.717) is 0 Å². The molecule has 0 aromatic rings. The van der Waals surface area contributed by atoms with E-state index in [1.54, 1.807) is 0 Å². The maximum Gasteiger partial charge on any atom is 0.416 e. The molecule has 2 amide bonds. The molecule has 0 spiro atoms. The van der Waals surface area contributed by atoms with Crippen LogP contribution in [0.25, 0.3) is 0 Å². The molecule has 0 aromatic heterocycles. The van der Waals surface area contributed by atoms with Gasteiger partial charge in [-0.2, -0.15) is 0 Å². The Kier molecular flexibility index (Phi) is 3.03. The second-order valence-corrected chi connectivity index (χ2v) is 2.81. The molecule has 7 heteroatoms. The summed E-state index contributed by atoms with van der Waals surface area (Å²) in [7, 11) is 0. The summed E-state index contributed by atoms with van der Waals surface area (Å²) in [4.78, 5) is 33.3. The van der Waals surface area contributed by atoms with Crippen molar-refractivity contribution in [1.29, 1.82) is 0 Å². The van der Waals surface area contributed by atoms with Crippen LogP contribution >= 0.6 is 0 Å². The summed E-state index contributed by atoms with van der Waals surface area (Å²) in [6.07, 6.45) is -1.14. The molecular weight excluding hydrogens is 192 g/mol. The highest BCUT2D eigenvalue weighted by Crippen LogP contribution is 2.06. The Morgan fingerprint density at radius 3 is 2.71 bits per heavy atom. The summed E-state index contributed by atoms with van der Waals surface area (Å²) in [6, 6.07) is -1.28. The number of aliphatic carboxylic acids is 1. The topological polar surface area (TPSA) is 110 Å². The standard InChI is InChI=1S/C7H10N2O5/c8-4(6(11)12)3-5(10)9-1-2-14-7(9)13/h4H,1-3,8H2,(H,11,12)/t4-/m0/s1. The molecule has 0 bridgehead atoms. The Balaban J connectivity index is 2.49. The molecule has 1 aliphatic rings. The highest BCUT2D eigenvalue weighted by Gasteiger charge is 2.30. The van der Waals surface area contributed by atoms with Crippen molar-refractivity contribution >= 4 is 18.0 Å². The van der Waals surface area contributed by atoms with Gasteiger partial charge in [-0.05, 0) is 0 Å². The number of nitrogens with two attached hydrogens (primary N) is 1. The lowest BCUT2D eigenvalue weighted by Crippen LogP contribution is -2.39. The molecule has 1 aliphatic heterocycles. The van der Waals surface area contributed by atoms with E-state index in [1.165, 1.54) is 0 Å². The second kappa shape index (κ2) is 4.05. The molecule has 14 heavy (non-hydrogen) atoms. The Morgan fingerprint density at radius 2 is 2.29 bits per heavy atom. The number of amides is 2. The van der Waals surface area contributed by atoms with E-state index in [1.807, 2.05) is 0 Å². The maximum absolute atomic E-state index is 11.3. The van der Waals surface area contributed by atoms with Crippen molar-refractivity contribution in [2.75, 3.05) is 13.2 Å². The molecule has 0 aromatic carbocycles. The van der Waals surface area contributed by atoms with E-state index < -0.39 is 30.4 Å². The zero-order chi connectivity index (χ0) is 10.7. The first-order chi connectivity index (χ1) is 6.52. The Hall–Kier alpha value is -1.63. The van der Waals surface area contributed by atoms with Gasteiger partial charge in [-0.25, -0.2) is 9.69 Å². The fourth-order valence-electron chi connectivity index (χ4n) is 1.01.